The van der Waals surface area contributed by atoms with Gasteiger partial charge in [-0.2, -0.15) is 5.26 Å². The second-order valence-corrected chi connectivity index (χ2v) is 5.97. The van der Waals surface area contributed by atoms with Crippen LogP contribution in [0.1, 0.15) is 15.9 Å². The zero-order valence-corrected chi connectivity index (χ0v) is 14.5. The lowest BCUT2D eigenvalue weighted by atomic mass is 10.2. The second-order valence-electron chi connectivity index (χ2n) is 5.05. The maximum absolute atomic E-state index is 12.2. The van der Waals surface area contributed by atoms with Gasteiger partial charge in [-0.05, 0) is 42.5 Å². The summed E-state index contributed by atoms with van der Waals surface area (Å²) in [6, 6.07) is 19.6. The number of rotatable bonds is 4. The van der Waals surface area contributed by atoms with E-state index in [2.05, 4.69) is 42.8 Å². The predicted molar refractivity (Wildman–Crippen MR) is 98.6 cm³/mol. The van der Waals surface area contributed by atoms with Gasteiger partial charge in [-0.15, -0.1) is 10.2 Å². The molecule has 0 unspecified atom stereocenters. The number of nitrogens with one attached hydrogen (secondary N) is 2. The number of benzene rings is 2. The van der Waals surface area contributed by atoms with Crippen molar-refractivity contribution in [2.24, 2.45) is 0 Å². The summed E-state index contributed by atoms with van der Waals surface area (Å²) in [6.45, 7) is 0. The molecule has 1 aromatic heterocycles. The van der Waals surface area contributed by atoms with Crippen LogP contribution < -0.4 is 10.6 Å². The van der Waals surface area contributed by atoms with Gasteiger partial charge in [0.2, 0.25) is 0 Å². The number of para-hydroxylation sites is 1. The van der Waals surface area contributed by atoms with Crippen molar-refractivity contribution >= 4 is 39.2 Å². The molecule has 1 heterocycles. The van der Waals surface area contributed by atoms with Crippen molar-refractivity contribution in [1.29, 1.82) is 5.26 Å². The Labute approximate surface area is 152 Å². The van der Waals surface area contributed by atoms with Crippen molar-refractivity contribution in [2.45, 2.75) is 0 Å². The summed E-state index contributed by atoms with van der Waals surface area (Å²) < 4.78 is 0.821. The third-order valence-corrected chi connectivity index (χ3v) is 3.80. The Kier molecular flexibility index (Phi) is 5.02. The van der Waals surface area contributed by atoms with Gasteiger partial charge in [0.05, 0.1) is 11.3 Å². The van der Waals surface area contributed by atoms with Crippen LogP contribution in [0, 0.1) is 11.3 Å². The molecule has 7 heteroatoms. The maximum Gasteiger partial charge on any atom is 0.256 e. The first-order chi connectivity index (χ1) is 12.2. The van der Waals surface area contributed by atoms with E-state index in [9.17, 15) is 4.79 Å². The highest BCUT2D eigenvalue weighted by Crippen LogP contribution is 2.19. The molecule has 0 spiro atoms. The van der Waals surface area contributed by atoms with E-state index in [0.29, 0.717) is 28.5 Å². The SMILES string of the molecule is N#Cc1ccccc1Nc1ccc(NC(=O)c2cccc(Br)c2)nn1. The van der Waals surface area contributed by atoms with Crippen LogP contribution in [0.4, 0.5) is 17.3 Å². The molecule has 122 valence electrons. The molecule has 25 heavy (non-hydrogen) atoms. The molecule has 0 fully saturated rings. The highest BCUT2D eigenvalue weighted by atomic mass is 79.9. The van der Waals surface area contributed by atoms with E-state index >= 15 is 0 Å². The Morgan fingerprint density at radius 2 is 1.76 bits per heavy atom. The number of carbonyl (C=O) groups is 1. The molecular weight excluding hydrogens is 382 g/mol. The van der Waals surface area contributed by atoms with Crippen LogP contribution >= 0.6 is 15.9 Å². The molecule has 0 radical (unpaired) electrons. The highest BCUT2D eigenvalue weighted by molar-refractivity contribution is 9.10. The van der Waals surface area contributed by atoms with Crippen LogP contribution in [0.15, 0.2) is 65.1 Å². The Morgan fingerprint density at radius 1 is 1.00 bits per heavy atom. The molecule has 3 rings (SSSR count). The third kappa shape index (κ3) is 4.19. The Bertz CT molecular complexity index is 950. The van der Waals surface area contributed by atoms with Crippen LogP contribution in [0.2, 0.25) is 0 Å². The summed E-state index contributed by atoms with van der Waals surface area (Å²) in [6.07, 6.45) is 0. The molecule has 1 amide bonds. The first-order valence-electron chi connectivity index (χ1n) is 7.32. The molecule has 2 N–H and O–H groups in total. The third-order valence-electron chi connectivity index (χ3n) is 3.30. The van der Waals surface area contributed by atoms with E-state index in [-0.39, 0.29) is 5.91 Å². The molecule has 2 aromatic carbocycles. The summed E-state index contributed by atoms with van der Waals surface area (Å²) in [5.41, 5.74) is 1.67. The second kappa shape index (κ2) is 7.55. The topological polar surface area (TPSA) is 90.7 Å². The zero-order valence-electron chi connectivity index (χ0n) is 12.9. The van der Waals surface area contributed by atoms with E-state index < -0.39 is 0 Å². The van der Waals surface area contributed by atoms with Crippen LogP contribution in [0.5, 0.6) is 0 Å². The number of hydrogen-bond donors (Lipinski definition) is 2. The number of nitrogens with zero attached hydrogens (tertiary/aromatic N) is 3. The molecule has 0 aliphatic heterocycles. The van der Waals surface area contributed by atoms with E-state index in [1.165, 1.54) is 0 Å². The minimum absolute atomic E-state index is 0.272. The Balaban J connectivity index is 1.70. The average molecular weight is 394 g/mol. The lowest BCUT2D eigenvalue weighted by Crippen LogP contribution is -2.13. The predicted octanol–water partition coefficient (Wildman–Crippen LogP) is 4.11. The smallest absolute Gasteiger partial charge is 0.256 e. The maximum atomic E-state index is 12.2. The lowest BCUT2D eigenvalue weighted by molar-refractivity contribution is 0.102. The van der Waals surface area contributed by atoms with Gasteiger partial charge in [-0.1, -0.05) is 34.1 Å². The normalized spacial score (nSPS) is 9.92. The van der Waals surface area contributed by atoms with Crippen LogP contribution in [-0.2, 0) is 0 Å². The van der Waals surface area contributed by atoms with Crippen LogP contribution in [0.3, 0.4) is 0 Å². The van der Waals surface area contributed by atoms with E-state index in [1.807, 2.05) is 12.1 Å². The molecule has 0 saturated carbocycles. The molecule has 0 aliphatic carbocycles. The van der Waals surface area contributed by atoms with Crippen molar-refractivity contribution in [1.82, 2.24) is 10.2 Å². The summed E-state index contributed by atoms with van der Waals surface area (Å²) in [5, 5.41) is 22.8. The standard InChI is InChI=1S/C18H12BrN5O/c19-14-6-3-5-12(10-14)18(25)22-17-9-8-16(23-24-17)21-15-7-2-1-4-13(15)11-20/h1-10H,(H,21,23)(H,22,24,25). The molecule has 0 bridgehead atoms. The van der Waals surface area contributed by atoms with E-state index in [4.69, 9.17) is 5.26 Å². The van der Waals surface area contributed by atoms with Crippen molar-refractivity contribution in [3.63, 3.8) is 0 Å². The van der Waals surface area contributed by atoms with Crippen molar-refractivity contribution in [2.75, 3.05) is 10.6 Å². The number of anilines is 3. The van der Waals surface area contributed by atoms with Gasteiger partial charge >= 0.3 is 0 Å². The van der Waals surface area contributed by atoms with Gasteiger partial charge in [-0.3, -0.25) is 4.79 Å². The average Bonchev–Trinajstić information content (AvgIpc) is 2.64. The number of aromatic nitrogens is 2. The van der Waals surface area contributed by atoms with Gasteiger partial charge in [0.1, 0.15) is 6.07 Å². The molecule has 0 saturated heterocycles. The number of carbonyl (C=O) groups excluding carboxylic acids is 1. The minimum atomic E-state index is -0.272. The molecule has 0 atom stereocenters. The molecular formula is C18H12BrN5O. The molecule has 0 aliphatic rings. The summed E-state index contributed by atoms with van der Waals surface area (Å²) in [5.74, 6) is 0.540. The number of halogens is 1. The van der Waals surface area contributed by atoms with Gasteiger partial charge in [-0.25, -0.2) is 0 Å². The summed E-state index contributed by atoms with van der Waals surface area (Å²) >= 11 is 3.33. The van der Waals surface area contributed by atoms with Crippen LogP contribution in [-0.4, -0.2) is 16.1 Å². The monoisotopic (exact) mass is 393 g/mol. The lowest BCUT2D eigenvalue weighted by Gasteiger charge is -2.08. The quantitative estimate of drug-likeness (QED) is 0.695. The molecule has 3 aromatic rings. The highest BCUT2D eigenvalue weighted by Gasteiger charge is 2.08. The number of nitriles is 1. The molecule has 6 nitrogen and oxygen atoms in total. The van der Waals surface area contributed by atoms with Crippen molar-refractivity contribution in [3.05, 3.63) is 76.3 Å². The van der Waals surface area contributed by atoms with Crippen molar-refractivity contribution in [3.8, 4) is 6.07 Å². The van der Waals surface area contributed by atoms with Gasteiger partial charge < -0.3 is 10.6 Å². The first kappa shape index (κ1) is 16.6. The fourth-order valence-corrected chi connectivity index (χ4v) is 2.51. The van der Waals surface area contributed by atoms with E-state index in [1.54, 1.807) is 48.5 Å². The minimum Gasteiger partial charge on any atom is -0.338 e. The first-order valence-corrected chi connectivity index (χ1v) is 8.12. The zero-order chi connectivity index (χ0) is 17.6. The van der Waals surface area contributed by atoms with Gasteiger partial charge in [0.15, 0.2) is 11.6 Å². The Morgan fingerprint density at radius 3 is 2.48 bits per heavy atom. The van der Waals surface area contributed by atoms with Crippen molar-refractivity contribution < 1.29 is 4.79 Å². The van der Waals surface area contributed by atoms with E-state index in [0.717, 1.165) is 4.47 Å². The van der Waals surface area contributed by atoms with Gasteiger partial charge in [0.25, 0.3) is 5.91 Å². The summed E-state index contributed by atoms with van der Waals surface area (Å²) in [4.78, 5) is 12.2. The number of hydrogen-bond acceptors (Lipinski definition) is 5. The fourth-order valence-electron chi connectivity index (χ4n) is 2.11. The Hall–Kier alpha value is -3.24. The summed E-state index contributed by atoms with van der Waals surface area (Å²) in [7, 11) is 0. The van der Waals surface area contributed by atoms with Gasteiger partial charge in [0, 0.05) is 10.0 Å². The fraction of sp³-hybridized carbons (Fsp3) is 0. The largest absolute Gasteiger partial charge is 0.338 e. The van der Waals surface area contributed by atoms with Crippen LogP contribution in [0.25, 0.3) is 0 Å². The number of amides is 1.